The molecule has 0 bridgehead atoms. The van der Waals surface area contributed by atoms with Crippen LogP contribution in [-0.2, 0) is 10.0 Å². The van der Waals surface area contributed by atoms with Gasteiger partial charge in [0.25, 0.3) is 10.0 Å². The topological polar surface area (TPSA) is 65.1 Å². The first-order chi connectivity index (χ1) is 11.5. The summed E-state index contributed by atoms with van der Waals surface area (Å²) >= 11 is 0. The first kappa shape index (κ1) is 16.4. The Kier molecular flexibility index (Phi) is 4.28. The van der Waals surface area contributed by atoms with Gasteiger partial charge in [-0.3, -0.25) is 4.31 Å². The largest absolute Gasteiger partial charge is 0.497 e. The molecule has 0 aromatic heterocycles. The van der Waals surface area contributed by atoms with Gasteiger partial charge in [0.2, 0.25) is 0 Å². The molecule has 0 aliphatic carbocycles. The maximum Gasteiger partial charge on any atom is 0.268 e. The van der Waals surface area contributed by atoms with Crippen LogP contribution in [0.5, 0.6) is 17.2 Å². The molecular weight excluding hydrogens is 330 g/mol. The summed E-state index contributed by atoms with van der Waals surface area (Å²) < 4.78 is 44.1. The Morgan fingerprint density at radius 2 is 1.88 bits per heavy atom. The molecule has 2 aromatic rings. The van der Waals surface area contributed by atoms with Crippen molar-refractivity contribution in [1.29, 1.82) is 0 Å². The van der Waals surface area contributed by atoms with Gasteiger partial charge in [0.1, 0.15) is 28.8 Å². The molecule has 0 saturated heterocycles. The standard InChI is InChI=1S/C17H19NO5S/c1-12-11-23-15-7-5-4-6-14(15)18(12)24(19,20)17-10-13(21-2)8-9-16(17)22-3/h4-10,12H,11H2,1-3H3. The van der Waals surface area contributed by atoms with E-state index in [9.17, 15) is 8.42 Å². The zero-order valence-corrected chi connectivity index (χ0v) is 14.5. The van der Waals surface area contributed by atoms with Crippen LogP contribution < -0.4 is 18.5 Å². The first-order valence-electron chi connectivity index (χ1n) is 7.47. The molecule has 128 valence electrons. The van der Waals surface area contributed by atoms with E-state index in [-0.39, 0.29) is 23.3 Å². The predicted molar refractivity (Wildman–Crippen MR) is 90.6 cm³/mol. The molecule has 2 aromatic carbocycles. The minimum atomic E-state index is -3.85. The van der Waals surface area contributed by atoms with Gasteiger partial charge < -0.3 is 14.2 Å². The Morgan fingerprint density at radius 3 is 2.58 bits per heavy atom. The maximum absolute atomic E-state index is 13.3. The summed E-state index contributed by atoms with van der Waals surface area (Å²) in [5.74, 6) is 1.26. The van der Waals surface area contributed by atoms with Crippen LogP contribution in [0.3, 0.4) is 0 Å². The van der Waals surface area contributed by atoms with Crippen molar-refractivity contribution in [3.05, 3.63) is 42.5 Å². The molecule has 0 radical (unpaired) electrons. The van der Waals surface area contributed by atoms with Crippen LogP contribution in [0.4, 0.5) is 5.69 Å². The smallest absolute Gasteiger partial charge is 0.268 e. The van der Waals surface area contributed by atoms with Gasteiger partial charge in [0.05, 0.1) is 25.9 Å². The van der Waals surface area contributed by atoms with E-state index in [4.69, 9.17) is 14.2 Å². The van der Waals surface area contributed by atoms with Crippen LogP contribution in [0, 0.1) is 0 Å². The highest BCUT2D eigenvalue weighted by atomic mass is 32.2. The van der Waals surface area contributed by atoms with Crippen LogP contribution in [0.15, 0.2) is 47.4 Å². The fourth-order valence-corrected chi connectivity index (χ4v) is 4.56. The van der Waals surface area contributed by atoms with Gasteiger partial charge in [0.15, 0.2) is 0 Å². The normalized spacial score (nSPS) is 17.0. The number of nitrogens with zero attached hydrogens (tertiary/aromatic N) is 1. The lowest BCUT2D eigenvalue weighted by Gasteiger charge is -2.35. The second kappa shape index (κ2) is 6.24. The van der Waals surface area contributed by atoms with Crippen molar-refractivity contribution in [2.24, 2.45) is 0 Å². The van der Waals surface area contributed by atoms with E-state index in [1.54, 1.807) is 37.3 Å². The molecule has 7 heteroatoms. The molecular formula is C17H19NO5S. The van der Waals surface area contributed by atoms with Gasteiger partial charge in [-0.05, 0) is 31.2 Å². The maximum atomic E-state index is 13.3. The lowest BCUT2D eigenvalue weighted by atomic mass is 10.2. The fourth-order valence-electron chi connectivity index (χ4n) is 2.73. The van der Waals surface area contributed by atoms with Gasteiger partial charge >= 0.3 is 0 Å². The summed E-state index contributed by atoms with van der Waals surface area (Å²) in [4.78, 5) is 0.0629. The monoisotopic (exact) mass is 349 g/mol. The number of fused-ring (bicyclic) bond motifs is 1. The Balaban J connectivity index is 2.18. The minimum Gasteiger partial charge on any atom is -0.497 e. The van der Waals surface area contributed by atoms with Crippen molar-refractivity contribution in [3.8, 4) is 17.2 Å². The lowest BCUT2D eigenvalue weighted by Crippen LogP contribution is -2.45. The van der Waals surface area contributed by atoms with E-state index in [0.29, 0.717) is 17.2 Å². The van der Waals surface area contributed by atoms with E-state index in [2.05, 4.69) is 0 Å². The van der Waals surface area contributed by atoms with Gasteiger partial charge in [-0.25, -0.2) is 8.42 Å². The van der Waals surface area contributed by atoms with Crippen molar-refractivity contribution in [1.82, 2.24) is 0 Å². The molecule has 0 fully saturated rings. The summed E-state index contributed by atoms with van der Waals surface area (Å²) in [5, 5.41) is 0. The summed E-state index contributed by atoms with van der Waals surface area (Å²) in [5.41, 5.74) is 0.515. The minimum absolute atomic E-state index is 0.0629. The van der Waals surface area contributed by atoms with E-state index >= 15 is 0 Å². The van der Waals surface area contributed by atoms with E-state index in [1.165, 1.54) is 24.6 Å². The average molecular weight is 349 g/mol. The van der Waals surface area contributed by atoms with Gasteiger partial charge in [-0.1, -0.05) is 12.1 Å². The highest BCUT2D eigenvalue weighted by Crippen LogP contribution is 2.40. The highest BCUT2D eigenvalue weighted by molar-refractivity contribution is 7.93. The van der Waals surface area contributed by atoms with E-state index < -0.39 is 10.0 Å². The zero-order valence-electron chi connectivity index (χ0n) is 13.7. The molecule has 0 saturated carbocycles. The molecule has 6 nitrogen and oxygen atoms in total. The molecule has 0 amide bonds. The third-order valence-electron chi connectivity index (χ3n) is 3.89. The number of methoxy groups -OCH3 is 2. The third kappa shape index (κ3) is 2.65. The van der Waals surface area contributed by atoms with Crippen molar-refractivity contribution >= 4 is 15.7 Å². The summed E-state index contributed by atoms with van der Waals surface area (Å²) in [6.45, 7) is 2.09. The number of hydrogen-bond acceptors (Lipinski definition) is 5. The van der Waals surface area contributed by atoms with Gasteiger partial charge in [-0.2, -0.15) is 0 Å². The number of ether oxygens (including phenoxy) is 3. The molecule has 1 atom stereocenters. The summed E-state index contributed by atoms with van der Waals surface area (Å²) in [6, 6.07) is 11.5. The van der Waals surface area contributed by atoms with Crippen LogP contribution >= 0.6 is 0 Å². The van der Waals surface area contributed by atoms with Crippen LogP contribution in [0.25, 0.3) is 0 Å². The lowest BCUT2D eigenvalue weighted by molar-refractivity contribution is 0.281. The van der Waals surface area contributed by atoms with Crippen LogP contribution in [0.1, 0.15) is 6.92 Å². The summed E-state index contributed by atoms with van der Waals surface area (Å²) in [6.07, 6.45) is 0. The number of anilines is 1. The van der Waals surface area contributed by atoms with Gasteiger partial charge in [0, 0.05) is 6.07 Å². The highest BCUT2D eigenvalue weighted by Gasteiger charge is 2.36. The van der Waals surface area contributed by atoms with E-state index in [1.807, 2.05) is 6.07 Å². The van der Waals surface area contributed by atoms with E-state index in [0.717, 1.165) is 0 Å². The molecule has 1 aliphatic rings. The van der Waals surface area contributed by atoms with Crippen molar-refractivity contribution in [3.63, 3.8) is 0 Å². The Morgan fingerprint density at radius 1 is 1.12 bits per heavy atom. The molecule has 1 heterocycles. The summed E-state index contributed by atoms with van der Waals surface area (Å²) in [7, 11) is -0.919. The van der Waals surface area contributed by atoms with Crippen LogP contribution in [0.2, 0.25) is 0 Å². The molecule has 0 N–H and O–H groups in total. The van der Waals surface area contributed by atoms with Crippen molar-refractivity contribution in [2.75, 3.05) is 25.1 Å². The Hall–Kier alpha value is -2.41. The van der Waals surface area contributed by atoms with Crippen molar-refractivity contribution in [2.45, 2.75) is 17.9 Å². The fraction of sp³-hybridized carbons (Fsp3) is 0.294. The number of rotatable bonds is 4. The Labute approximate surface area is 141 Å². The number of hydrogen-bond donors (Lipinski definition) is 0. The second-order valence-electron chi connectivity index (χ2n) is 5.45. The van der Waals surface area contributed by atoms with Crippen molar-refractivity contribution < 1.29 is 22.6 Å². The van der Waals surface area contributed by atoms with Crippen LogP contribution in [-0.4, -0.2) is 35.3 Å². The Bertz CT molecular complexity index is 850. The first-order valence-corrected chi connectivity index (χ1v) is 8.91. The van der Waals surface area contributed by atoms with Gasteiger partial charge in [-0.15, -0.1) is 0 Å². The number of para-hydroxylation sites is 2. The second-order valence-corrected chi connectivity index (χ2v) is 7.23. The molecule has 3 rings (SSSR count). The predicted octanol–water partition coefficient (Wildman–Crippen LogP) is 2.68. The zero-order chi connectivity index (χ0) is 17.3. The average Bonchev–Trinajstić information content (AvgIpc) is 2.60. The molecule has 1 unspecified atom stereocenters. The molecule has 0 spiro atoms. The SMILES string of the molecule is COc1ccc(OC)c(S(=O)(=O)N2c3ccccc3OCC2C)c1. The molecule has 1 aliphatic heterocycles. The molecule has 24 heavy (non-hydrogen) atoms. The quantitative estimate of drug-likeness (QED) is 0.849. The number of sulfonamides is 1. The third-order valence-corrected chi connectivity index (χ3v) is 5.84. The number of benzene rings is 2.